The van der Waals surface area contributed by atoms with Crippen molar-refractivity contribution in [2.45, 2.75) is 57.1 Å². The smallest absolute Gasteiger partial charge is 0.254 e. The fourth-order valence-corrected chi connectivity index (χ4v) is 4.48. The summed E-state index contributed by atoms with van der Waals surface area (Å²) < 4.78 is 5.43. The highest BCUT2D eigenvalue weighted by atomic mass is 32.1. The molecule has 1 atom stereocenters. The summed E-state index contributed by atoms with van der Waals surface area (Å²) in [4.78, 5) is 26.1. The molecule has 0 unspecified atom stereocenters. The topological polar surface area (TPSA) is 67.4 Å². The van der Waals surface area contributed by atoms with Gasteiger partial charge in [-0.15, -0.1) is 11.3 Å². The zero-order valence-electron chi connectivity index (χ0n) is 12.4. The number of carbonyl (C=O) groups is 2. The maximum absolute atomic E-state index is 12.6. The van der Waals surface area contributed by atoms with Crippen molar-refractivity contribution in [2.75, 3.05) is 11.9 Å². The number of anilines is 1. The second-order valence-electron chi connectivity index (χ2n) is 6.30. The third kappa shape index (κ3) is 2.65. The molecule has 22 heavy (non-hydrogen) atoms. The molecule has 5 nitrogen and oxygen atoms in total. The van der Waals surface area contributed by atoms with E-state index in [1.807, 2.05) is 0 Å². The van der Waals surface area contributed by atoms with Crippen LogP contribution < -0.4 is 10.6 Å². The number of nitrogens with one attached hydrogen (secondary N) is 2. The quantitative estimate of drug-likeness (QED) is 0.894. The van der Waals surface area contributed by atoms with Crippen molar-refractivity contribution in [2.24, 2.45) is 0 Å². The molecule has 1 saturated carbocycles. The molecule has 1 aliphatic heterocycles. The summed E-state index contributed by atoms with van der Waals surface area (Å²) in [5.41, 5.74) is 1.85. The van der Waals surface area contributed by atoms with Gasteiger partial charge in [0.1, 0.15) is 11.1 Å². The molecule has 3 aliphatic rings. The van der Waals surface area contributed by atoms with Gasteiger partial charge in [-0.25, -0.2) is 0 Å². The van der Waals surface area contributed by atoms with Crippen molar-refractivity contribution in [3.05, 3.63) is 16.0 Å². The molecule has 0 spiro atoms. The molecule has 0 aromatic carbocycles. The minimum Gasteiger partial charge on any atom is -0.368 e. The van der Waals surface area contributed by atoms with Crippen molar-refractivity contribution in [1.82, 2.24) is 5.32 Å². The lowest BCUT2D eigenvalue weighted by atomic mass is 10.1. The Hall–Kier alpha value is -1.40. The highest BCUT2D eigenvalue weighted by Crippen LogP contribution is 2.39. The number of fused-ring (bicyclic) bond motifs is 1. The van der Waals surface area contributed by atoms with Gasteiger partial charge in [0, 0.05) is 17.5 Å². The van der Waals surface area contributed by atoms with Crippen LogP contribution in [0.2, 0.25) is 0 Å². The van der Waals surface area contributed by atoms with Crippen LogP contribution in [0.3, 0.4) is 0 Å². The lowest BCUT2D eigenvalue weighted by Gasteiger charge is -2.12. The van der Waals surface area contributed by atoms with Crippen LogP contribution in [0.15, 0.2) is 0 Å². The van der Waals surface area contributed by atoms with Gasteiger partial charge >= 0.3 is 0 Å². The number of aryl methyl sites for hydroxylation is 1. The number of ether oxygens (including phenoxy) is 1. The van der Waals surface area contributed by atoms with Gasteiger partial charge in [-0.3, -0.25) is 9.59 Å². The van der Waals surface area contributed by atoms with Crippen molar-refractivity contribution in [1.29, 1.82) is 0 Å². The van der Waals surface area contributed by atoms with Crippen molar-refractivity contribution < 1.29 is 14.3 Å². The Kier molecular flexibility index (Phi) is 3.66. The molecule has 4 rings (SSSR count). The molecule has 1 saturated heterocycles. The summed E-state index contributed by atoms with van der Waals surface area (Å²) in [7, 11) is 0. The lowest BCUT2D eigenvalue weighted by Crippen LogP contribution is -2.30. The average molecular weight is 320 g/mol. The first-order valence-electron chi connectivity index (χ1n) is 8.10. The number of carbonyl (C=O) groups excluding carboxylic acids is 2. The predicted molar refractivity (Wildman–Crippen MR) is 84.4 cm³/mol. The monoisotopic (exact) mass is 320 g/mol. The highest BCUT2D eigenvalue weighted by Gasteiger charge is 2.32. The maximum atomic E-state index is 12.6. The third-order valence-electron chi connectivity index (χ3n) is 4.52. The number of hydrogen-bond donors (Lipinski definition) is 2. The van der Waals surface area contributed by atoms with Crippen LogP contribution in [0.25, 0.3) is 0 Å². The third-order valence-corrected chi connectivity index (χ3v) is 5.73. The summed E-state index contributed by atoms with van der Waals surface area (Å²) in [6, 6.07) is 0.325. The van der Waals surface area contributed by atoms with Crippen molar-refractivity contribution in [3.63, 3.8) is 0 Å². The lowest BCUT2D eigenvalue weighted by molar-refractivity contribution is -0.124. The molecule has 0 radical (unpaired) electrons. The van der Waals surface area contributed by atoms with E-state index in [4.69, 9.17) is 4.74 Å². The summed E-state index contributed by atoms with van der Waals surface area (Å²) in [6.07, 6.45) is 6.51. The van der Waals surface area contributed by atoms with E-state index in [2.05, 4.69) is 10.6 Å². The van der Waals surface area contributed by atoms with Gasteiger partial charge in [0.2, 0.25) is 0 Å². The molecule has 2 heterocycles. The van der Waals surface area contributed by atoms with Crippen LogP contribution in [-0.4, -0.2) is 30.6 Å². The van der Waals surface area contributed by atoms with Gasteiger partial charge in [0.25, 0.3) is 11.8 Å². The molecular formula is C16H20N2O3S. The summed E-state index contributed by atoms with van der Waals surface area (Å²) >= 11 is 1.56. The van der Waals surface area contributed by atoms with Crippen molar-refractivity contribution in [3.8, 4) is 0 Å². The van der Waals surface area contributed by atoms with E-state index in [1.54, 1.807) is 11.3 Å². The molecular weight excluding hydrogens is 300 g/mol. The predicted octanol–water partition coefficient (Wildman–Crippen LogP) is 2.25. The minimum absolute atomic E-state index is 0.0236. The summed E-state index contributed by atoms with van der Waals surface area (Å²) in [5, 5.41) is 6.72. The normalized spacial score (nSPS) is 23.4. The van der Waals surface area contributed by atoms with E-state index in [0.717, 1.165) is 50.5 Å². The average Bonchev–Trinajstić information content (AvgIpc) is 2.94. The first-order chi connectivity index (χ1) is 10.7. The van der Waals surface area contributed by atoms with Crippen LogP contribution in [0.5, 0.6) is 0 Å². The van der Waals surface area contributed by atoms with E-state index in [0.29, 0.717) is 23.2 Å². The summed E-state index contributed by atoms with van der Waals surface area (Å²) in [6.45, 7) is 0.647. The molecule has 2 fully saturated rings. The number of amides is 2. The Bertz CT molecular complexity index is 615. The molecule has 1 aromatic heterocycles. The number of hydrogen-bond acceptors (Lipinski definition) is 4. The van der Waals surface area contributed by atoms with Gasteiger partial charge in [-0.2, -0.15) is 0 Å². The Morgan fingerprint density at radius 1 is 1.14 bits per heavy atom. The highest BCUT2D eigenvalue weighted by molar-refractivity contribution is 7.17. The standard InChI is InChI=1S/C16H20N2O3S/c19-14(11-4-2-8-21-11)18-16-13(15(20)17-9-6-7-9)10-3-1-5-12(10)22-16/h9,11H,1-8H2,(H,17,20)(H,18,19)/t11-/m1/s1. The molecule has 0 bridgehead atoms. The van der Waals surface area contributed by atoms with E-state index >= 15 is 0 Å². The van der Waals surface area contributed by atoms with E-state index < -0.39 is 0 Å². The van der Waals surface area contributed by atoms with Gasteiger partial charge in [-0.1, -0.05) is 0 Å². The van der Waals surface area contributed by atoms with Gasteiger partial charge in [-0.05, 0) is 50.5 Å². The van der Waals surface area contributed by atoms with E-state index in [-0.39, 0.29) is 17.9 Å². The van der Waals surface area contributed by atoms with E-state index in [1.165, 1.54) is 4.88 Å². The van der Waals surface area contributed by atoms with Crippen LogP contribution in [-0.2, 0) is 22.4 Å². The molecule has 2 aliphatic carbocycles. The first kappa shape index (κ1) is 14.2. The molecule has 6 heteroatoms. The van der Waals surface area contributed by atoms with Crippen molar-refractivity contribution >= 4 is 28.2 Å². The van der Waals surface area contributed by atoms with Crippen LogP contribution in [0.1, 0.15) is 52.9 Å². The largest absolute Gasteiger partial charge is 0.368 e. The molecule has 2 amide bonds. The van der Waals surface area contributed by atoms with Crippen LogP contribution in [0, 0.1) is 0 Å². The Labute approximate surface area is 133 Å². The second-order valence-corrected chi connectivity index (χ2v) is 7.41. The summed E-state index contributed by atoms with van der Waals surface area (Å²) in [5.74, 6) is -0.137. The fourth-order valence-electron chi connectivity index (χ4n) is 3.19. The second kappa shape index (κ2) is 5.66. The molecule has 118 valence electrons. The Morgan fingerprint density at radius 2 is 2.00 bits per heavy atom. The zero-order chi connectivity index (χ0) is 15.1. The molecule has 1 aromatic rings. The fraction of sp³-hybridized carbons (Fsp3) is 0.625. The number of thiophene rings is 1. The molecule has 2 N–H and O–H groups in total. The van der Waals surface area contributed by atoms with Crippen LogP contribution >= 0.6 is 11.3 Å². The SMILES string of the molecule is O=C(NC1CC1)c1c(NC(=O)[C@H]2CCCO2)sc2c1CCC2. The van der Waals surface area contributed by atoms with E-state index in [9.17, 15) is 9.59 Å². The Morgan fingerprint density at radius 3 is 2.73 bits per heavy atom. The maximum Gasteiger partial charge on any atom is 0.254 e. The minimum atomic E-state index is -0.365. The van der Waals surface area contributed by atoms with Crippen LogP contribution in [0.4, 0.5) is 5.00 Å². The van der Waals surface area contributed by atoms with Gasteiger partial charge < -0.3 is 15.4 Å². The van der Waals surface area contributed by atoms with Gasteiger partial charge in [0.05, 0.1) is 5.56 Å². The van der Waals surface area contributed by atoms with Gasteiger partial charge in [0.15, 0.2) is 0 Å². The number of rotatable bonds is 4. The zero-order valence-corrected chi connectivity index (χ0v) is 13.3. The Balaban J connectivity index is 1.57. The first-order valence-corrected chi connectivity index (χ1v) is 8.92.